The van der Waals surface area contributed by atoms with Gasteiger partial charge in [0, 0.05) is 11.5 Å². The van der Waals surface area contributed by atoms with E-state index >= 15 is 0 Å². The third-order valence-corrected chi connectivity index (χ3v) is 3.25. The molecule has 0 saturated carbocycles. The SMILES string of the molecule is Cc1occc1C(=O)NN=C1CCSC1. The van der Waals surface area contributed by atoms with Gasteiger partial charge in [-0.15, -0.1) is 0 Å². The van der Waals surface area contributed by atoms with Gasteiger partial charge < -0.3 is 4.42 Å². The first-order valence-electron chi connectivity index (χ1n) is 4.75. The van der Waals surface area contributed by atoms with Crippen molar-refractivity contribution in [2.45, 2.75) is 13.3 Å². The van der Waals surface area contributed by atoms with Crippen LogP contribution in [0.15, 0.2) is 21.8 Å². The quantitative estimate of drug-likeness (QED) is 0.779. The second kappa shape index (κ2) is 4.53. The zero-order chi connectivity index (χ0) is 10.7. The Balaban J connectivity index is 1.98. The fourth-order valence-electron chi connectivity index (χ4n) is 1.35. The maximum atomic E-state index is 11.6. The van der Waals surface area contributed by atoms with E-state index in [4.69, 9.17) is 4.42 Å². The predicted octanol–water partition coefficient (Wildman–Crippen LogP) is 1.81. The Morgan fingerprint density at radius 1 is 1.67 bits per heavy atom. The number of aryl methyl sites for hydroxylation is 1. The Bertz CT molecular complexity index is 390. The van der Waals surface area contributed by atoms with Gasteiger partial charge in [0.2, 0.25) is 0 Å². The number of carbonyl (C=O) groups is 1. The number of hydrazone groups is 1. The van der Waals surface area contributed by atoms with Crippen LogP contribution in [0.3, 0.4) is 0 Å². The molecular weight excluding hydrogens is 212 g/mol. The summed E-state index contributed by atoms with van der Waals surface area (Å²) in [7, 11) is 0. The molecule has 1 aromatic rings. The molecule has 0 spiro atoms. The molecule has 0 atom stereocenters. The predicted molar refractivity (Wildman–Crippen MR) is 60.3 cm³/mol. The largest absolute Gasteiger partial charge is 0.469 e. The summed E-state index contributed by atoms with van der Waals surface area (Å²) in [6, 6.07) is 1.65. The lowest BCUT2D eigenvalue weighted by atomic mass is 10.2. The summed E-state index contributed by atoms with van der Waals surface area (Å²) >= 11 is 1.83. The highest BCUT2D eigenvalue weighted by Gasteiger charge is 2.12. The van der Waals surface area contributed by atoms with E-state index < -0.39 is 0 Å². The van der Waals surface area contributed by atoms with Crippen molar-refractivity contribution in [2.24, 2.45) is 5.10 Å². The Hall–Kier alpha value is -1.23. The van der Waals surface area contributed by atoms with Crippen LogP contribution in [0.25, 0.3) is 0 Å². The lowest BCUT2D eigenvalue weighted by Crippen LogP contribution is -2.19. The van der Waals surface area contributed by atoms with Crippen LogP contribution in [-0.4, -0.2) is 23.1 Å². The van der Waals surface area contributed by atoms with E-state index in [0.717, 1.165) is 23.6 Å². The van der Waals surface area contributed by atoms with E-state index in [1.54, 1.807) is 13.0 Å². The second-order valence-electron chi connectivity index (χ2n) is 3.31. The molecule has 1 N–H and O–H groups in total. The maximum Gasteiger partial charge on any atom is 0.274 e. The molecule has 1 saturated heterocycles. The van der Waals surface area contributed by atoms with Crippen LogP contribution in [0.2, 0.25) is 0 Å². The standard InChI is InChI=1S/C10H12N2O2S/c1-7-9(2-4-14-7)10(13)12-11-8-3-5-15-6-8/h2,4H,3,5-6H2,1H3,(H,12,13). The van der Waals surface area contributed by atoms with Crippen molar-refractivity contribution in [1.82, 2.24) is 5.43 Å². The lowest BCUT2D eigenvalue weighted by molar-refractivity contribution is 0.0953. The number of thioether (sulfide) groups is 1. The fraction of sp³-hybridized carbons (Fsp3) is 0.400. The van der Waals surface area contributed by atoms with Crippen molar-refractivity contribution >= 4 is 23.4 Å². The first kappa shape index (κ1) is 10.3. The monoisotopic (exact) mass is 224 g/mol. The van der Waals surface area contributed by atoms with Gasteiger partial charge in [0.15, 0.2) is 0 Å². The van der Waals surface area contributed by atoms with Gasteiger partial charge >= 0.3 is 0 Å². The van der Waals surface area contributed by atoms with Crippen LogP contribution in [0.4, 0.5) is 0 Å². The van der Waals surface area contributed by atoms with Gasteiger partial charge in [-0.2, -0.15) is 16.9 Å². The van der Waals surface area contributed by atoms with Gasteiger partial charge in [-0.1, -0.05) is 0 Å². The summed E-state index contributed by atoms with van der Waals surface area (Å²) in [5, 5.41) is 4.07. The van der Waals surface area contributed by atoms with Crippen LogP contribution < -0.4 is 5.43 Å². The molecule has 2 heterocycles. The first-order chi connectivity index (χ1) is 7.27. The third kappa shape index (κ3) is 2.41. The topological polar surface area (TPSA) is 54.6 Å². The third-order valence-electron chi connectivity index (χ3n) is 2.22. The van der Waals surface area contributed by atoms with Crippen LogP contribution in [0, 0.1) is 6.92 Å². The molecule has 0 radical (unpaired) electrons. The van der Waals surface area contributed by atoms with Crippen molar-refractivity contribution < 1.29 is 9.21 Å². The van der Waals surface area contributed by atoms with Crippen molar-refractivity contribution in [3.8, 4) is 0 Å². The van der Waals surface area contributed by atoms with E-state index in [2.05, 4.69) is 10.5 Å². The highest BCUT2D eigenvalue weighted by atomic mass is 32.2. The van der Waals surface area contributed by atoms with Crippen molar-refractivity contribution in [2.75, 3.05) is 11.5 Å². The molecule has 5 heteroatoms. The zero-order valence-corrected chi connectivity index (χ0v) is 9.26. The first-order valence-corrected chi connectivity index (χ1v) is 5.90. The van der Waals surface area contributed by atoms with Crippen molar-refractivity contribution in [3.63, 3.8) is 0 Å². The maximum absolute atomic E-state index is 11.6. The van der Waals surface area contributed by atoms with Crippen molar-refractivity contribution in [1.29, 1.82) is 0 Å². The molecule has 1 amide bonds. The van der Waals surface area contributed by atoms with Crippen LogP contribution in [0.1, 0.15) is 22.5 Å². The molecule has 0 unspecified atom stereocenters. The van der Waals surface area contributed by atoms with Crippen LogP contribution in [0.5, 0.6) is 0 Å². The number of hydrogen-bond acceptors (Lipinski definition) is 4. The summed E-state index contributed by atoms with van der Waals surface area (Å²) in [6.07, 6.45) is 2.47. The minimum atomic E-state index is -0.203. The Labute approximate surface area is 92.1 Å². The fourth-order valence-corrected chi connectivity index (χ4v) is 2.32. The normalized spacial score (nSPS) is 18.3. The number of furan rings is 1. The van der Waals surface area contributed by atoms with Crippen LogP contribution >= 0.6 is 11.8 Å². The Kier molecular flexibility index (Phi) is 3.11. The number of amides is 1. The summed E-state index contributed by atoms with van der Waals surface area (Å²) in [4.78, 5) is 11.6. The van der Waals surface area contributed by atoms with E-state index in [-0.39, 0.29) is 5.91 Å². The molecule has 1 aromatic heterocycles. The van der Waals surface area contributed by atoms with E-state index in [0.29, 0.717) is 11.3 Å². The van der Waals surface area contributed by atoms with Gasteiger partial charge in [0.1, 0.15) is 5.76 Å². The molecular formula is C10H12N2O2S. The Morgan fingerprint density at radius 2 is 2.53 bits per heavy atom. The van der Waals surface area contributed by atoms with E-state index in [1.165, 1.54) is 6.26 Å². The van der Waals surface area contributed by atoms with Gasteiger partial charge in [0.25, 0.3) is 5.91 Å². The number of nitrogens with one attached hydrogen (secondary N) is 1. The average Bonchev–Trinajstić information content (AvgIpc) is 2.84. The number of carbonyl (C=O) groups excluding carboxylic acids is 1. The molecule has 2 rings (SSSR count). The average molecular weight is 224 g/mol. The lowest BCUT2D eigenvalue weighted by Gasteiger charge is -1.98. The second-order valence-corrected chi connectivity index (χ2v) is 4.42. The van der Waals surface area contributed by atoms with Gasteiger partial charge in [-0.3, -0.25) is 4.79 Å². The van der Waals surface area contributed by atoms with Gasteiger partial charge in [-0.05, 0) is 25.2 Å². The smallest absolute Gasteiger partial charge is 0.274 e. The summed E-state index contributed by atoms with van der Waals surface area (Å²) in [5.41, 5.74) is 4.14. The number of nitrogens with zero attached hydrogens (tertiary/aromatic N) is 1. The minimum absolute atomic E-state index is 0.203. The summed E-state index contributed by atoms with van der Waals surface area (Å²) in [6.45, 7) is 1.76. The highest BCUT2D eigenvalue weighted by molar-refractivity contribution is 8.00. The summed E-state index contributed by atoms with van der Waals surface area (Å²) < 4.78 is 5.04. The molecule has 1 aliphatic rings. The summed E-state index contributed by atoms with van der Waals surface area (Å²) in [5.74, 6) is 2.43. The van der Waals surface area contributed by atoms with Gasteiger partial charge in [0.05, 0.1) is 11.8 Å². The Morgan fingerprint density at radius 3 is 3.13 bits per heavy atom. The molecule has 0 aliphatic carbocycles. The van der Waals surface area contributed by atoms with E-state index in [1.807, 2.05) is 11.8 Å². The van der Waals surface area contributed by atoms with Crippen LogP contribution in [-0.2, 0) is 0 Å². The number of hydrogen-bond donors (Lipinski definition) is 1. The highest BCUT2D eigenvalue weighted by Crippen LogP contribution is 2.14. The molecule has 0 aromatic carbocycles. The molecule has 1 aliphatic heterocycles. The van der Waals surface area contributed by atoms with Crippen molar-refractivity contribution in [3.05, 3.63) is 23.7 Å². The zero-order valence-electron chi connectivity index (χ0n) is 8.45. The molecule has 4 nitrogen and oxygen atoms in total. The van der Waals surface area contributed by atoms with Gasteiger partial charge in [-0.25, -0.2) is 5.43 Å². The molecule has 15 heavy (non-hydrogen) atoms. The van der Waals surface area contributed by atoms with E-state index in [9.17, 15) is 4.79 Å². The minimum Gasteiger partial charge on any atom is -0.469 e. The molecule has 80 valence electrons. The molecule has 1 fully saturated rings. The molecule has 0 bridgehead atoms. The number of rotatable bonds is 2.